The van der Waals surface area contributed by atoms with E-state index in [0.29, 0.717) is 10.6 Å². The highest BCUT2D eigenvalue weighted by Gasteiger charge is 2.37. The van der Waals surface area contributed by atoms with Crippen molar-refractivity contribution in [2.75, 3.05) is 13.7 Å². The molecule has 0 amide bonds. The minimum atomic E-state index is -3.47. The number of aromatic nitrogens is 1. The van der Waals surface area contributed by atoms with Crippen molar-refractivity contribution in [2.45, 2.75) is 6.92 Å². The Morgan fingerprint density at radius 1 is 1.08 bits per heavy atom. The summed E-state index contributed by atoms with van der Waals surface area (Å²) in [6, 6.07) is 16.4. The smallest absolute Gasteiger partial charge is 0.355 e. The molecule has 0 radical (unpaired) electrons. The maximum Gasteiger partial charge on any atom is 0.355 e. The van der Waals surface area contributed by atoms with Crippen LogP contribution in [0.4, 0.5) is 0 Å². The minimum absolute atomic E-state index is 0.239. The molecule has 1 heterocycles. The number of fused-ring (bicyclic) bond motifs is 1. The van der Waals surface area contributed by atoms with E-state index in [2.05, 4.69) is 0 Å². The molecule has 0 N–H and O–H groups in total. The van der Waals surface area contributed by atoms with Crippen molar-refractivity contribution in [1.82, 2.24) is 4.57 Å². The Kier molecular flexibility index (Phi) is 4.80. The lowest BCUT2D eigenvalue weighted by atomic mass is 10.2. The number of para-hydroxylation sites is 1. The number of nitrogens with zero attached hydrogens (tertiary/aromatic N) is 1. The van der Waals surface area contributed by atoms with Gasteiger partial charge in [-0.2, -0.15) is 0 Å². The molecule has 0 bridgehead atoms. The molecule has 0 saturated heterocycles. The van der Waals surface area contributed by atoms with Crippen molar-refractivity contribution in [2.24, 2.45) is 7.05 Å². The molecule has 0 spiro atoms. The van der Waals surface area contributed by atoms with Gasteiger partial charge in [0, 0.05) is 30.4 Å². The molecule has 6 heteroatoms. The highest BCUT2D eigenvalue weighted by Crippen LogP contribution is 2.47. The minimum Gasteiger partial charge on any atom is -0.461 e. The summed E-state index contributed by atoms with van der Waals surface area (Å²) in [5.41, 5.74) is 1.06. The zero-order valence-electron chi connectivity index (χ0n) is 14.4. The van der Waals surface area contributed by atoms with Crippen molar-refractivity contribution in [1.29, 1.82) is 0 Å². The van der Waals surface area contributed by atoms with Crippen LogP contribution in [0.3, 0.4) is 0 Å². The predicted molar refractivity (Wildman–Crippen MR) is 99.2 cm³/mol. The Bertz CT molecular complexity index is 962. The number of esters is 1. The van der Waals surface area contributed by atoms with Gasteiger partial charge in [0.05, 0.1) is 11.9 Å². The molecule has 2 aromatic carbocycles. The van der Waals surface area contributed by atoms with Crippen LogP contribution >= 0.6 is 7.37 Å². The number of rotatable bonds is 5. The molecular formula is C19H20NO4P. The van der Waals surface area contributed by atoms with Crippen LogP contribution in [0.5, 0.6) is 0 Å². The van der Waals surface area contributed by atoms with Gasteiger partial charge in [-0.05, 0) is 25.1 Å². The molecule has 1 aromatic heterocycles. The summed E-state index contributed by atoms with van der Waals surface area (Å²) in [5, 5.41) is 1.65. The molecule has 1 unspecified atom stereocenters. The second-order valence-electron chi connectivity index (χ2n) is 5.56. The van der Waals surface area contributed by atoms with Crippen LogP contribution in [0.2, 0.25) is 0 Å². The Labute approximate surface area is 146 Å². The lowest BCUT2D eigenvalue weighted by Crippen LogP contribution is -2.25. The van der Waals surface area contributed by atoms with E-state index in [9.17, 15) is 9.36 Å². The number of carbonyl (C=O) groups is 1. The first-order valence-electron chi connectivity index (χ1n) is 8.01. The Balaban J connectivity index is 2.39. The number of hydrogen-bond acceptors (Lipinski definition) is 4. The van der Waals surface area contributed by atoms with E-state index >= 15 is 0 Å². The van der Waals surface area contributed by atoms with Crippen molar-refractivity contribution in [3.05, 3.63) is 60.3 Å². The monoisotopic (exact) mass is 357 g/mol. The topological polar surface area (TPSA) is 57.5 Å². The van der Waals surface area contributed by atoms with Crippen molar-refractivity contribution >= 4 is 34.9 Å². The summed E-state index contributed by atoms with van der Waals surface area (Å²) in [6.07, 6.45) is 0. The zero-order valence-corrected chi connectivity index (χ0v) is 15.3. The number of benzene rings is 2. The summed E-state index contributed by atoms with van der Waals surface area (Å²) in [7, 11) is -0.292. The van der Waals surface area contributed by atoms with Crippen LogP contribution in [-0.4, -0.2) is 24.3 Å². The highest BCUT2D eigenvalue weighted by atomic mass is 31.2. The average Bonchev–Trinajstić information content (AvgIpc) is 2.95. The number of hydrogen-bond donors (Lipinski definition) is 0. The Morgan fingerprint density at radius 2 is 1.72 bits per heavy atom. The molecule has 130 valence electrons. The summed E-state index contributed by atoms with van der Waals surface area (Å²) in [4.78, 5) is 12.6. The maximum absolute atomic E-state index is 13.9. The van der Waals surface area contributed by atoms with Gasteiger partial charge in [0.15, 0.2) is 0 Å². The van der Waals surface area contributed by atoms with Crippen molar-refractivity contribution in [3.63, 3.8) is 0 Å². The summed E-state index contributed by atoms with van der Waals surface area (Å²) in [5.74, 6) is -0.510. The van der Waals surface area contributed by atoms with Crippen LogP contribution in [0, 0.1) is 0 Å². The molecule has 0 aliphatic carbocycles. The quantitative estimate of drug-likeness (QED) is 0.520. The predicted octanol–water partition coefficient (Wildman–Crippen LogP) is 3.23. The van der Waals surface area contributed by atoms with Gasteiger partial charge in [0.25, 0.3) is 7.37 Å². The molecular weight excluding hydrogens is 337 g/mol. The number of ether oxygens (including phenoxy) is 1. The van der Waals surface area contributed by atoms with Gasteiger partial charge in [-0.3, -0.25) is 4.57 Å². The van der Waals surface area contributed by atoms with E-state index < -0.39 is 13.3 Å². The third-order valence-corrected chi connectivity index (χ3v) is 6.73. The second kappa shape index (κ2) is 6.87. The Morgan fingerprint density at radius 3 is 2.36 bits per heavy atom. The van der Waals surface area contributed by atoms with Gasteiger partial charge < -0.3 is 13.8 Å². The summed E-state index contributed by atoms with van der Waals surface area (Å²) in [6.45, 7) is 1.98. The third kappa shape index (κ3) is 2.80. The molecule has 0 fully saturated rings. The standard InChI is InChI=1S/C19H20NO4P/c1-4-24-19(21)17-18(15-12-8-9-13-16(15)20(17)2)25(22,23-3)14-10-6-5-7-11-14/h5-13H,4H2,1-3H3. The number of aryl methyl sites for hydroxylation is 1. The fraction of sp³-hybridized carbons (Fsp3) is 0.211. The van der Waals surface area contributed by atoms with Gasteiger partial charge in [0.2, 0.25) is 0 Å². The molecule has 25 heavy (non-hydrogen) atoms. The van der Waals surface area contributed by atoms with E-state index in [1.807, 2.05) is 30.3 Å². The zero-order chi connectivity index (χ0) is 18.0. The Hall–Kier alpha value is -2.36. The fourth-order valence-corrected chi connectivity index (χ4v) is 5.30. The first-order valence-corrected chi connectivity index (χ1v) is 9.63. The highest BCUT2D eigenvalue weighted by molar-refractivity contribution is 7.75. The molecule has 0 aliphatic heterocycles. The first-order chi connectivity index (χ1) is 12.0. The lowest BCUT2D eigenvalue weighted by molar-refractivity contribution is 0.0517. The van der Waals surface area contributed by atoms with E-state index in [4.69, 9.17) is 9.26 Å². The number of carbonyl (C=O) groups excluding carboxylic acids is 1. The lowest BCUT2D eigenvalue weighted by Gasteiger charge is -2.18. The normalized spacial score (nSPS) is 13.6. The molecule has 3 rings (SSSR count). The SMILES string of the molecule is CCOC(=O)c1c(P(=O)(OC)c2ccccc2)c2ccccc2n1C. The molecule has 1 atom stereocenters. The van der Waals surface area contributed by atoms with Gasteiger partial charge in [-0.15, -0.1) is 0 Å². The second-order valence-corrected chi connectivity index (χ2v) is 8.00. The van der Waals surface area contributed by atoms with Crippen LogP contribution in [-0.2, 0) is 20.9 Å². The van der Waals surface area contributed by atoms with Crippen LogP contribution in [0.1, 0.15) is 17.4 Å². The van der Waals surface area contributed by atoms with Gasteiger partial charge in [-0.1, -0.05) is 36.4 Å². The van der Waals surface area contributed by atoms with Crippen molar-refractivity contribution in [3.8, 4) is 0 Å². The largest absolute Gasteiger partial charge is 0.461 e. The average molecular weight is 357 g/mol. The summed E-state index contributed by atoms with van der Waals surface area (Å²) >= 11 is 0. The van der Waals surface area contributed by atoms with Crippen LogP contribution in [0.25, 0.3) is 10.9 Å². The fourth-order valence-electron chi connectivity index (χ4n) is 3.05. The van der Waals surface area contributed by atoms with Crippen LogP contribution in [0.15, 0.2) is 54.6 Å². The first kappa shape index (κ1) is 17.5. The van der Waals surface area contributed by atoms with Gasteiger partial charge in [-0.25, -0.2) is 4.79 Å². The molecule has 3 aromatic rings. The summed E-state index contributed by atoms with van der Waals surface area (Å²) < 4.78 is 26.4. The third-order valence-electron chi connectivity index (χ3n) is 4.20. The van der Waals surface area contributed by atoms with E-state index in [1.54, 1.807) is 42.8 Å². The van der Waals surface area contributed by atoms with E-state index in [0.717, 1.165) is 10.9 Å². The van der Waals surface area contributed by atoms with Gasteiger partial charge in [0.1, 0.15) is 5.69 Å². The molecule has 0 saturated carbocycles. The van der Waals surface area contributed by atoms with E-state index in [1.165, 1.54) is 7.11 Å². The van der Waals surface area contributed by atoms with Crippen LogP contribution < -0.4 is 10.6 Å². The van der Waals surface area contributed by atoms with E-state index in [-0.39, 0.29) is 12.3 Å². The van der Waals surface area contributed by atoms with Gasteiger partial charge >= 0.3 is 5.97 Å². The molecule has 5 nitrogen and oxygen atoms in total. The molecule has 0 aliphatic rings. The van der Waals surface area contributed by atoms with Crippen molar-refractivity contribution < 1.29 is 18.6 Å². The maximum atomic E-state index is 13.9.